The Morgan fingerprint density at radius 1 is 1.24 bits per heavy atom. The summed E-state index contributed by atoms with van der Waals surface area (Å²) in [5, 5.41) is 0.625. The van der Waals surface area contributed by atoms with E-state index >= 15 is 0 Å². The predicted molar refractivity (Wildman–Crippen MR) is 103 cm³/mol. The smallest absolute Gasteiger partial charge is 0.305 e. The Kier molecular flexibility index (Phi) is 3.97. The molecule has 1 aromatic heterocycles. The van der Waals surface area contributed by atoms with Crippen molar-refractivity contribution in [3.63, 3.8) is 0 Å². The number of hydrogen-bond donors (Lipinski definition) is 1. The van der Waals surface area contributed by atoms with Crippen LogP contribution in [0, 0.1) is 6.92 Å². The molecule has 1 N–H and O–H groups in total. The van der Waals surface area contributed by atoms with E-state index in [2.05, 4.69) is 48.1 Å². The van der Waals surface area contributed by atoms with E-state index in [1.165, 1.54) is 22.3 Å². The van der Waals surface area contributed by atoms with E-state index in [1.807, 2.05) is 13.1 Å². The van der Waals surface area contributed by atoms with Crippen LogP contribution in [-0.4, -0.2) is 34.6 Å². The minimum absolute atomic E-state index is 0.119. The van der Waals surface area contributed by atoms with Crippen LogP contribution < -0.4 is 5.69 Å². The van der Waals surface area contributed by atoms with Crippen molar-refractivity contribution in [2.24, 2.45) is 7.05 Å². The minimum Gasteiger partial charge on any atom is -0.305 e. The summed E-state index contributed by atoms with van der Waals surface area (Å²) in [6.45, 7) is 4.06. The van der Waals surface area contributed by atoms with Gasteiger partial charge in [-0.25, -0.2) is 4.79 Å². The summed E-state index contributed by atoms with van der Waals surface area (Å²) < 4.78 is 1.70. The Balaban J connectivity index is 2.09. The zero-order valence-electron chi connectivity index (χ0n) is 14.8. The molecule has 0 saturated heterocycles. The standard InChI is InChI=1S/C20H22ClN3O/c1-12-6-4-5-7-14(12)15-11-23(2)9-8-13-10-16(21)18-19(17(13)15)24(3)20(25)22-18/h4-7,10,15H,8-9,11H2,1-3H3,(H,22,25)/t15-/m1/s1. The second-order valence-electron chi connectivity index (χ2n) is 7.07. The van der Waals surface area contributed by atoms with Gasteiger partial charge >= 0.3 is 5.69 Å². The van der Waals surface area contributed by atoms with Crippen LogP contribution in [0.4, 0.5) is 0 Å². The molecule has 1 atom stereocenters. The zero-order valence-corrected chi connectivity index (χ0v) is 15.5. The number of imidazole rings is 1. The highest BCUT2D eigenvalue weighted by atomic mass is 35.5. The molecule has 2 heterocycles. The van der Waals surface area contributed by atoms with Gasteiger partial charge in [-0.1, -0.05) is 35.9 Å². The first-order valence-corrected chi connectivity index (χ1v) is 8.99. The van der Waals surface area contributed by atoms with Gasteiger partial charge < -0.3 is 9.88 Å². The van der Waals surface area contributed by atoms with Crippen LogP contribution in [0.15, 0.2) is 35.1 Å². The van der Waals surface area contributed by atoms with Crippen molar-refractivity contribution in [2.45, 2.75) is 19.3 Å². The number of hydrogen-bond acceptors (Lipinski definition) is 2. The van der Waals surface area contributed by atoms with Crippen LogP contribution in [0.1, 0.15) is 28.2 Å². The normalized spacial score (nSPS) is 18.3. The Labute approximate surface area is 152 Å². The fraction of sp³-hybridized carbons (Fsp3) is 0.350. The third-order valence-electron chi connectivity index (χ3n) is 5.42. The quantitative estimate of drug-likeness (QED) is 0.726. The Bertz CT molecular complexity index is 1020. The van der Waals surface area contributed by atoms with Crippen LogP contribution in [-0.2, 0) is 13.5 Å². The summed E-state index contributed by atoms with van der Waals surface area (Å²) in [6, 6.07) is 10.6. The van der Waals surface area contributed by atoms with Gasteiger partial charge in [-0.3, -0.25) is 4.57 Å². The summed E-state index contributed by atoms with van der Waals surface area (Å²) >= 11 is 6.50. The molecule has 4 nitrogen and oxygen atoms in total. The first-order valence-electron chi connectivity index (χ1n) is 8.61. The van der Waals surface area contributed by atoms with Crippen LogP contribution in [0.2, 0.25) is 5.02 Å². The van der Waals surface area contributed by atoms with Gasteiger partial charge in [0.05, 0.1) is 16.1 Å². The molecule has 1 aliphatic heterocycles. The van der Waals surface area contributed by atoms with Gasteiger partial charge in [-0.15, -0.1) is 0 Å². The molecule has 0 radical (unpaired) electrons. The Morgan fingerprint density at radius 3 is 2.76 bits per heavy atom. The summed E-state index contributed by atoms with van der Waals surface area (Å²) in [6.07, 6.45) is 0.934. The number of nitrogens with one attached hydrogen (secondary N) is 1. The fourth-order valence-electron chi connectivity index (χ4n) is 4.10. The molecule has 0 saturated carbocycles. The van der Waals surface area contributed by atoms with Gasteiger partial charge in [-0.05, 0) is 48.7 Å². The molecule has 0 amide bonds. The van der Waals surface area contributed by atoms with Crippen molar-refractivity contribution in [3.8, 4) is 0 Å². The lowest BCUT2D eigenvalue weighted by atomic mass is 9.85. The summed E-state index contributed by atoms with van der Waals surface area (Å²) in [5.74, 6) is 0.213. The molecule has 2 aromatic carbocycles. The van der Waals surface area contributed by atoms with E-state index in [0.717, 1.165) is 30.5 Å². The van der Waals surface area contributed by atoms with Gasteiger partial charge in [-0.2, -0.15) is 0 Å². The van der Waals surface area contributed by atoms with Crippen molar-refractivity contribution in [2.75, 3.05) is 20.1 Å². The highest BCUT2D eigenvalue weighted by molar-refractivity contribution is 6.35. The van der Waals surface area contributed by atoms with Crippen LogP contribution in [0.3, 0.4) is 0 Å². The summed E-state index contributed by atoms with van der Waals surface area (Å²) in [5.41, 5.74) is 6.63. The lowest BCUT2D eigenvalue weighted by Gasteiger charge is -2.24. The zero-order chi connectivity index (χ0) is 17.7. The summed E-state index contributed by atoms with van der Waals surface area (Å²) in [7, 11) is 3.98. The highest BCUT2D eigenvalue weighted by Crippen LogP contribution is 2.39. The van der Waals surface area contributed by atoms with E-state index in [4.69, 9.17) is 11.6 Å². The average molecular weight is 356 g/mol. The largest absolute Gasteiger partial charge is 0.326 e. The van der Waals surface area contributed by atoms with E-state index in [9.17, 15) is 4.79 Å². The third-order valence-corrected chi connectivity index (χ3v) is 5.72. The molecule has 5 heteroatoms. The molecular formula is C20H22ClN3O. The van der Waals surface area contributed by atoms with Gasteiger partial charge in [0.15, 0.2) is 0 Å². The molecule has 0 fully saturated rings. The number of nitrogens with zero attached hydrogens (tertiary/aromatic N) is 2. The SMILES string of the molecule is Cc1ccccc1[C@H]1CN(C)CCc2cc(Cl)c3[nH]c(=O)n(C)c3c21. The number of halogens is 1. The lowest BCUT2D eigenvalue weighted by Crippen LogP contribution is -2.25. The first-order chi connectivity index (χ1) is 12.0. The monoisotopic (exact) mass is 355 g/mol. The van der Waals surface area contributed by atoms with Crippen LogP contribution in [0.25, 0.3) is 11.0 Å². The highest BCUT2D eigenvalue weighted by Gasteiger charge is 2.28. The van der Waals surface area contributed by atoms with Crippen molar-refractivity contribution in [1.82, 2.24) is 14.5 Å². The van der Waals surface area contributed by atoms with Gasteiger partial charge in [0, 0.05) is 26.1 Å². The van der Waals surface area contributed by atoms with Crippen LogP contribution in [0.5, 0.6) is 0 Å². The molecular weight excluding hydrogens is 334 g/mol. The number of aryl methyl sites for hydroxylation is 2. The summed E-state index contributed by atoms with van der Waals surface area (Å²) in [4.78, 5) is 17.6. The van der Waals surface area contributed by atoms with E-state index < -0.39 is 0 Å². The van der Waals surface area contributed by atoms with E-state index in [0.29, 0.717) is 5.02 Å². The number of fused-ring (bicyclic) bond motifs is 3. The molecule has 1 aliphatic rings. The van der Waals surface area contributed by atoms with E-state index in [1.54, 1.807) is 4.57 Å². The maximum absolute atomic E-state index is 12.3. The molecule has 3 aromatic rings. The maximum Gasteiger partial charge on any atom is 0.326 e. The molecule has 25 heavy (non-hydrogen) atoms. The molecule has 130 valence electrons. The Hall–Kier alpha value is -2.04. The molecule has 0 aliphatic carbocycles. The number of aromatic nitrogens is 2. The van der Waals surface area contributed by atoms with Crippen LogP contribution >= 0.6 is 11.6 Å². The number of benzene rings is 2. The third kappa shape index (κ3) is 2.60. The Morgan fingerprint density at radius 2 is 2.00 bits per heavy atom. The molecule has 0 spiro atoms. The van der Waals surface area contributed by atoms with Crippen molar-refractivity contribution < 1.29 is 0 Å². The van der Waals surface area contributed by atoms with Gasteiger partial charge in [0.25, 0.3) is 0 Å². The predicted octanol–water partition coefficient (Wildman–Crippen LogP) is 3.45. The second kappa shape index (κ2) is 6.04. The second-order valence-corrected chi connectivity index (χ2v) is 7.47. The van der Waals surface area contributed by atoms with Crippen molar-refractivity contribution in [3.05, 3.63) is 68.1 Å². The van der Waals surface area contributed by atoms with Gasteiger partial charge in [0.1, 0.15) is 0 Å². The number of H-pyrrole nitrogens is 1. The maximum atomic E-state index is 12.3. The topological polar surface area (TPSA) is 41.0 Å². The first kappa shape index (κ1) is 16.4. The number of rotatable bonds is 1. The molecule has 0 unspecified atom stereocenters. The number of aromatic amines is 1. The molecule has 4 rings (SSSR count). The van der Waals surface area contributed by atoms with E-state index in [-0.39, 0.29) is 11.6 Å². The fourth-order valence-corrected chi connectivity index (χ4v) is 4.36. The van der Waals surface area contributed by atoms with Crippen molar-refractivity contribution >= 4 is 22.6 Å². The average Bonchev–Trinajstić information content (AvgIpc) is 2.78. The number of likely N-dealkylation sites (N-methyl/N-ethyl adjacent to an activating group) is 1. The lowest BCUT2D eigenvalue weighted by molar-refractivity contribution is 0.338. The van der Waals surface area contributed by atoms with Gasteiger partial charge in [0.2, 0.25) is 0 Å². The van der Waals surface area contributed by atoms with Crippen molar-refractivity contribution in [1.29, 1.82) is 0 Å². The minimum atomic E-state index is -0.119. The molecule has 0 bridgehead atoms.